The van der Waals surface area contributed by atoms with E-state index < -0.39 is 12.0 Å². The van der Waals surface area contributed by atoms with Crippen LogP contribution in [0.25, 0.3) is 10.8 Å². The van der Waals surface area contributed by atoms with Crippen LogP contribution in [0.3, 0.4) is 0 Å². The van der Waals surface area contributed by atoms with Crippen LogP contribution in [-0.2, 0) is 16.1 Å². The Hall–Kier alpha value is -3.67. The van der Waals surface area contributed by atoms with Gasteiger partial charge in [0.15, 0.2) is 0 Å². The van der Waals surface area contributed by atoms with E-state index in [1.165, 1.54) is 0 Å². The first-order valence-electron chi connectivity index (χ1n) is 12.0. The summed E-state index contributed by atoms with van der Waals surface area (Å²) >= 11 is 6.11. The first-order valence-corrected chi connectivity index (χ1v) is 12.3. The van der Waals surface area contributed by atoms with E-state index in [9.17, 15) is 9.59 Å². The molecular weight excluding hydrogens is 472 g/mol. The number of ether oxygens (including phenoxy) is 1. The lowest BCUT2D eigenvalue weighted by molar-refractivity contribution is -0.124. The number of hydrogen-bond acceptors (Lipinski definition) is 3. The van der Waals surface area contributed by atoms with Gasteiger partial charge in [0.25, 0.3) is 5.91 Å². The van der Waals surface area contributed by atoms with Crippen LogP contribution < -0.4 is 5.32 Å². The highest BCUT2D eigenvalue weighted by Gasteiger charge is 2.44. The predicted octanol–water partition coefficient (Wildman–Crippen LogP) is 5.74. The number of fused-ring (bicyclic) bond motifs is 2. The summed E-state index contributed by atoms with van der Waals surface area (Å²) in [4.78, 5) is 29.4. The molecular formula is C30H27ClN2O3. The Morgan fingerprint density at radius 1 is 0.944 bits per heavy atom. The van der Waals surface area contributed by atoms with Gasteiger partial charge in [-0.2, -0.15) is 0 Å². The van der Waals surface area contributed by atoms with Crippen molar-refractivity contribution >= 4 is 34.2 Å². The van der Waals surface area contributed by atoms with Gasteiger partial charge in [0.05, 0.1) is 18.6 Å². The molecule has 4 aromatic rings. The second-order valence-electron chi connectivity index (χ2n) is 8.96. The summed E-state index contributed by atoms with van der Waals surface area (Å²) in [5.74, 6) is -0.810. The zero-order valence-corrected chi connectivity index (χ0v) is 20.7. The molecule has 2 amide bonds. The van der Waals surface area contributed by atoms with Crippen molar-refractivity contribution in [3.63, 3.8) is 0 Å². The van der Waals surface area contributed by atoms with E-state index in [4.69, 9.17) is 16.3 Å². The van der Waals surface area contributed by atoms with Crippen LogP contribution in [-0.4, -0.2) is 37.0 Å². The maximum Gasteiger partial charge on any atom is 0.255 e. The van der Waals surface area contributed by atoms with E-state index in [0.29, 0.717) is 30.3 Å². The SMILES string of the molecule is COCCNC(=O)C1c2ccccc2C(=O)N(Cc2ccc(Cl)cc2)C1c1ccc2ccccc2c1. The van der Waals surface area contributed by atoms with Gasteiger partial charge in [-0.05, 0) is 51.7 Å². The summed E-state index contributed by atoms with van der Waals surface area (Å²) in [6, 6.07) is 28.7. The number of nitrogens with zero attached hydrogens (tertiary/aromatic N) is 1. The largest absolute Gasteiger partial charge is 0.383 e. The fourth-order valence-electron chi connectivity index (χ4n) is 4.99. The smallest absolute Gasteiger partial charge is 0.255 e. The molecule has 2 unspecified atom stereocenters. The topological polar surface area (TPSA) is 58.6 Å². The van der Waals surface area contributed by atoms with Gasteiger partial charge in [0.2, 0.25) is 5.91 Å². The van der Waals surface area contributed by atoms with Gasteiger partial charge in [0, 0.05) is 30.8 Å². The highest BCUT2D eigenvalue weighted by Crippen LogP contribution is 2.44. The van der Waals surface area contributed by atoms with Crippen LogP contribution in [0.2, 0.25) is 5.02 Å². The van der Waals surface area contributed by atoms with Crippen molar-refractivity contribution in [2.45, 2.75) is 18.5 Å². The number of amides is 2. The van der Waals surface area contributed by atoms with Crippen molar-refractivity contribution < 1.29 is 14.3 Å². The molecule has 1 heterocycles. The highest BCUT2D eigenvalue weighted by atomic mass is 35.5. The molecule has 1 N–H and O–H groups in total. The van der Waals surface area contributed by atoms with Gasteiger partial charge in [-0.15, -0.1) is 0 Å². The number of hydrogen-bond donors (Lipinski definition) is 1. The molecule has 4 aromatic carbocycles. The van der Waals surface area contributed by atoms with E-state index in [1.807, 2.05) is 65.6 Å². The minimum absolute atomic E-state index is 0.0975. The summed E-state index contributed by atoms with van der Waals surface area (Å²) in [5, 5.41) is 5.82. The van der Waals surface area contributed by atoms with Crippen molar-refractivity contribution in [1.82, 2.24) is 10.2 Å². The maximum absolute atomic E-state index is 13.9. The third kappa shape index (κ3) is 4.72. The fraction of sp³-hybridized carbons (Fsp3) is 0.200. The molecule has 0 radical (unpaired) electrons. The van der Waals surface area contributed by atoms with E-state index in [0.717, 1.165) is 27.5 Å². The first-order chi connectivity index (χ1) is 17.6. The number of carbonyl (C=O) groups is 2. The Morgan fingerprint density at radius 2 is 1.67 bits per heavy atom. The third-order valence-corrected chi connectivity index (χ3v) is 6.96. The Kier molecular flexibility index (Phi) is 7.03. The van der Waals surface area contributed by atoms with Gasteiger partial charge >= 0.3 is 0 Å². The molecule has 0 saturated heterocycles. The highest BCUT2D eigenvalue weighted by molar-refractivity contribution is 6.30. The molecule has 0 spiro atoms. The first kappa shape index (κ1) is 24.0. The maximum atomic E-state index is 13.9. The monoisotopic (exact) mass is 498 g/mol. The molecule has 1 aliphatic rings. The van der Waals surface area contributed by atoms with E-state index >= 15 is 0 Å². The molecule has 5 rings (SSSR count). The van der Waals surface area contributed by atoms with Crippen molar-refractivity contribution in [1.29, 1.82) is 0 Å². The minimum Gasteiger partial charge on any atom is -0.383 e. The number of methoxy groups -OCH3 is 1. The lowest BCUT2D eigenvalue weighted by atomic mass is 9.78. The second kappa shape index (κ2) is 10.5. The number of halogens is 1. The van der Waals surface area contributed by atoms with Crippen molar-refractivity contribution in [3.05, 3.63) is 118 Å². The normalized spacial score (nSPS) is 17.2. The molecule has 5 nitrogen and oxygen atoms in total. The average molecular weight is 499 g/mol. The quantitative estimate of drug-likeness (QED) is 0.331. The average Bonchev–Trinajstić information content (AvgIpc) is 2.91. The zero-order valence-electron chi connectivity index (χ0n) is 20.0. The van der Waals surface area contributed by atoms with Crippen molar-refractivity contribution in [3.8, 4) is 0 Å². The summed E-state index contributed by atoms with van der Waals surface area (Å²) in [6.45, 7) is 1.15. The molecule has 182 valence electrons. The molecule has 6 heteroatoms. The Morgan fingerprint density at radius 3 is 2.44 bits per heavy atom. The third-order valence-electron chi connectivity index (χ3n) is 6.71. The van der Waals surface area contributed by atoms with Gasteiger partial charge in [-0.25, -0.2) is 0 Å². The second-order valence-corrected chi connectivity index (χ2v) is 9.40. The van der Waals surface area contributed by atoms with Crippen LogP contribution in [0.4, 0.5) is 0 Å². The molecule has 2 atom stereocenters. The van der Waals surface area contributed by atoms with Gasteiger partial charge in [-0.3, -0.25) is 9.59 Å². The lowest BCUT2D eigenvalue weighted by Crippen LogP contribution is -2.47. The molecule has 0 fully saturated rings. The van der Waals surface area contributed by atoms with Crippen LogP contribution in [0.15, 0.2) is 91.0 Å². The van der Waals surface area contributed by atoms with Crippen LogP contribution in [0.5, 0.6) is 0 Å². The molecule has 0 saturated carbocycles. The Labute approximate surface area is 215 Å². The summed E-state index contributed by atoms with van der Waals surface area (Å²) in [7, 11) is 1.60. The Balaban J connectivity index is 1.65. The van der Waals surface area contributed by atoms with Gasteiger partial charge in [0.1, 0.15) is 0 Å². The van der Waals surface area contributed by atoms with E-state index in [2.05, 4.69) is 29.6 Å². The molecule has 1 aliphatic heterocycles. The summed E-state index contributed by atoms with van der Waals surface area (Å²) < 4.78 is 5.15. The van der Waals surface area contributed by atoms with Gasteiger partial charge in [-0.1, -0.05) is 78.3 Å². The molecule has 0 aromatic heterocycles. The summed E-state index contributed by atoms with van der Waals surface area (Å²) in [5.41, 5.74) is 3.15. The summed E-state index contributed by atoms with van der Waals surface area (Å²) in [6.07, 6.45) is 0. The van der Waals surface area contributed by atoms with Crippen LogP contribution in [0, 0.1) is 0 Å². The zero-order chi connectivity index (χ0) is 25.1. The molecule has 0 bridgehead atoms. The van der Waals surface area contributed by atoms with E-state index in [-0.39, 0.29) is 11.8 Å². The van der Waals surface area contributed by atoms with Crippen molar-refractivity contribution in [2.75, 3.05) is 20.3 Å². The molecule has 36 heavy (non-hydrogen) atoms. The number of benzene rings is 4. The Bertz CT molecular complexity index is 1400. The minimum atomic E-state index is -0.579. The fourth-order valence-corrected chi connectivity index (χ4v) is 5.11. The molecule has 0 aliphatic carbocycles. The van der Waals surface area contributed by atoms with Crippen molar-refractivity contribution in [2.24, 2.45) is 0 Å². The van der Waals surface area contributed by atoms with E-state index in [1.54, 1.807) is 13.2 Å². The number of nitrogens with one attached hydrogen (secondary N) is 1. The number of rotatable bonds is 7. The number of carbonyl (C=O) groups excluding carboxylic acids is 2. The van der Waals surface area contributed by atoms with Crippen LogP contribution >= 0.6 is 11.6 Å². The van der Waals surface area contributed by atoms with Crippen LogP contribution in [0.1, 0.15) is 39.0 Å². The standard InChI is InChI=1S/C30H27ClN2O3/c1-36-17-16-32-29(34)27-25-8-4-5-9-26(25)30(35)33(19-20-10-14-24(31)15-11-20)28(27)23-13-12-21-6-2-3-7-22(21)18-23/h2-15,18,27-28H,16-17,19H2,1H3,(H,32,34). The predicted molar refractivity (Wildman–Crippen MR) is 142 cm³/mol. The lowest BCUT2D eigenvalue weighted by Gasteiger charge is -2.42. The van der Waals surface area contributed by atoms with Gasteiger partial charge < -0.3 is 15.0 Å².